The topological polar surface area (TPSA) is 19.7 Å². The fourth-order valence-electron chi connectivity index (χ4n) is 10.0. The third kappa shape index (κ3) is 10.2. The van der Waals surface area contributed by atoms with Gasteiger partial charge in [0, 0.05) is 0 Å². The zero-order chi connectivity index (χ0) is 50.1. The number of nitrogens with zero attached hydrogens (tertiary/aromatic N) is 4. The number of imidazole rings is 2. The van der Waals surface area contributed by atoms with Crippen molar-refractivity contribution in [3.63, 3.8) is 0 Å². The van der Waals surface area contributed by atoms with Crippen molar-refractivity contribution in [3.8, 4) is 22.7 Å². The van der Waals surface area contributed by atoms with Gasteiger partial charge in [-0.05, 0) is 0 Å². The maximum atomic E-state index is 9.53. The molecule has 0 spiro atoms. The minimum atomic E-state index is -3.88. The molecule has 69 heavy (non-hydrogen) atoms. The molecule has 0 saturated carbocycles. The maximum absolute atomic E-state index is 9.53. The van der Waals surface area contributed by atoms with Gasteiger partial charge in [0.05, 0.1) is 0 Å². The first kappa shape index (κ1) is 52.0. The Bertz CT molecular complexity index is 2690. The summed E-state index contributed by atoms with van der Waals surface area (Å²) in [4.78, 5) is 0.637. The van der Waals surface area contributed by atoms with Crippen molar-refractivity contribution in [3.05, 3.63) is 192 Å². The fourth-order valence-corrected chi connectivity index (χ4v) is 16.8. The summed E-state index contributed by atoms with van der Waals surface area (Å²) in [6.07, 6.45) is 14.1. The number of allylic oxidation sites excluding steroid dienone is 1. The van der Waals surface area contributed by atoms with Gasteiger partial charge in [0.15, 0.2) is 0 Å². The average Bonchev–Trinajstić information content (AvgIpc) is 3.97. The summed E-state index contributed by atoms with van der Waals surface area (Å²) in [5.74, 6) is 2.18. The van der Waals surface area contributed by atoms with Crippen LogP contribution in [0.3, 0.4) is 0 Å². The fraction of sp³-hybridized carbons (Fsp3) is 0.397. The van der Waals surface area contributed by atoms with Crippen molar-refractivity contribution in [1.82, 2.24) is 18.3 Å². The van der Waals surface area contributed by atoms with E-state index in [1.165, 1.54) is 67.3 Å². The van der Waals surface area contributed by atoms with Crippen molar-refractivity contribution in [2.45, 2.75) is 163 Å². The second-order valence-corrected chi connectivity index (χ2v) is 28.3. The number of halogens is 1. The quantitative estimate of drug-likeness (QED) is 0.0912. The molecule has 0 amide bonds. The van der Waals surface area contributed by atoms with E-state index in [0.717, 1.165) is 13.3 Å². The van der Waals surface area contributed by atoms with Gasteiger partial charge in [-0.2, -0.15) is 0 Å². The molecule has 2 aromatic heterocycles. The number of rotatable bonds is 15. The van der Waals surface area contributed by atoms with Crippen LogP contribution in [0, 0.1) is 7.78 Å². The van der Waals surface area contributed by atoms with Crippen molar-refractivity contribution in [2.24, 2.45) is 0 Å². The van der Waals surface area contributed by atoms with Gasteiger partial charge in [-0.1, -0.05) is 0 Å². The molecule has 0 saturated heterocycles. The van der Waals surface area contributed by atoms with Crippen LogP contribution in [0.4, 0.5) is 0 Å². The summed E-state index contributed by atoms with van der Waals surface area (Å²) in [7, 11) is 9.53. The van der Waals surface area contributed by atoms with E-state index in [2.05, 4.69) is 269 Å². The number of aromatic nitrogens is 4. The van der Waals surface area contributed by atoms with Gasteiger partial charge in [-0.25, -0.2) is 0 Å². The van der Waals surface area contributed by atoms with Gasteiger partial charge in [0.1, 0.15) is 0 Å². The van der Waals surface area contributed by atoms with E-state index in [1.807, 2.05) is 0 Å². The van der Waals surface area contributed by atoms with Crippen molar-refractivity contribution in [2.75, 3.05) is 0 Å². The molecule has 0 aliphatic rings. The molecule has 0 aliphatic carbocycles. The summed E-state index contributed by atoms with van der Waals surface area (Å²) in [5.41, 5.74) is 16.7. The average molecular weight is 1040 g/mol. The van der Waals surface area contributed by atoms with Gasteiger partial charge >= 0.3 is 425 Å². The molecule has 0 radical (unpaired) electrons. The molecular weight excluding hydrogens is 955 g/mol. The van der Waals surface area contributed by atoms with Crippen molar-refractivity contribution in [1.29, 1.82) is 0 Å². The molecule has 7 aromatic rings. The third-order valence-corrected chi connectivity index (χ3v) is 20.4. The Morgan fingerprint density at radius 3 is 0.797 bits per heavy atom. The Labute approximate surface area is 422 Å². The molecule has 0 atom stereocenters. The number of hydrogen-bond donors (Lipinski definition) is 0. The Kier molecular flexibility index (Phi) is 16.4. The summed E-state index contributed by atoms with van der Waals surface area (Å²) in [6.45, 7) is 37.4. The predicted molar refractivity (Wildman–Crippen MR) is 296 cm³/mol. The Morgan fingerprint density at radius 2 is 0.580 bits per heavy atom. The molecule has 0 bridgehead atoms. The van der Waals surface area contributed by atoms with Crippen LogP contribution in [0.25, 0.3) is 28.8 Å². The molecule has 6 heteroatoms. The van der Waals surface area contributed by atoms with Crippen LogP contribution >= 0.6 is 9.53 Å². The zero-order valence-electron chi connectivity index (χ0n) is 44.6. The van der Waals surface area contributed by atoms with Gasteiger partial charge in [0.2, 0.25) is 0 Å². The number of benzene rings is 5. The van der Waals surface area contributed by atoms with Gasteiger partial charge in [-0.3, -0.25) is 0 Å². The predicted octanol–water partition coefficient (Wildman–Crippen LogP) is 19.0. The summed E-state index contributed by atoms with van der Waals surface area (Å²) < 4.78 is 12.6. The molecular formula is C63H81ClN4Pd-4. The van der Waals surface area contributed by atoms with Crippen LogP contribution < -0.4 is 0 Å². The first-order valence-electron chi connectivity index (χ1n) is 25.6. The van der Waals surface area contributed by atoms with E-state index < -0.39 is 13.6 Å². The molecule has 0 aliphatic heterocycles. The zero-order valence-corrected chi connectivity index (χ0v) is 46.9. The van der Waals surface area contributed by atoms with Crippen molar-refractivity contribution < 1.29 is 13.6 Å². The van der Waals surface area contributed by atoms with E-state index in [4.69, 9.17) is 0 Å². The summed E-state index contributed by atoms with van der Waals surface area (Å²) >= 11 is -3.88. The molecule has 4 nitrogen and oxygen atoms in total. The number of para-hydroxylation sites is 4. The van der Waals surface area contributed by atoms with E-state index in [-0.39, 0.29) is 47.3 Å². The molecule has 0 fully saturated rings. The Hall–Kier alpha value is -4.79. The third-order valence-electron chi connectivity index (χ3n) is 13.6. The van der Waals surface area contributed by atoms with Crippen LogP contribution in [0.2, 0.25) is 4.89 Å². The number of hydrogen-bond acceptors (Lipinski definition) is 0. The van der Waals surface area contributed by atoms with Crippen LogP contribution in [-0.4, -0.2) is 18.3 Å². The monoisotopic (exact) mass is 1030 g/mol. The molecule has 0 unspecified atom stereocenters. The summed E-state index contributed by atoms with van der Waals surface area (Å²) in [5, 5.41) is 0. The van der Waals surface area contributed by atoms with Crippen LogP contribution in [-0.2, 0) is 13.6 Å². The minimum absolute atomic E-state index is 0.272. The molecule has 7 rings (SSSR count). The Morgan fingerprint density at radius 1 is 0.348 bits per heavy atom. The SMILES string of the molecule is CC(C)c1cccc(C(C)C)c1-n1ccn(-c2c(C(C)C)cccc2C(C)C)[c]1=[Pd-4]([Cl])([CH2]C=Cc1ccccc1)=[c]1n(-c2c(C(C)C)cccc2C(C)C)ccn1-c1c(C(C)C)cccc1C(C)C. The first-order chi connectivity index (χ1) is 32.8. The van der Waals surface area contributed by atoms with Gasteiger partial charge < -0.3 is 0 Å². The Balaban J connectivity index is 1.99. The second kappa shape index (κ2) is 21.7. The second-order valence-electron chi connectivity index (χ2n) is 21.4. The van der Waals surface area contributed by atoms with E-state index in [1.54, 1.807) is 0 Å². The van der Waals surface area contributed by atoms with Gasteiger partial charge in [0.25, 0.3) is 0 Å². The van der Waals surface area contributed by atoms with E-state index in [0.29, 0.717) is 4.89 Å². The normalized spacial score (nSPS) is 12.8. The first-order valence-corrected chi connectivity index (χ1v) is 30.3. The van der Waals surface area contributed by atoms with E-state index >= 15 is 0 Å². The van der Waals surface area contributed by atoms with Crippen LogP contribution in [0.15, 0.2) is 134 Å². The molecule has 5 aromatic carbocycles. The van der Waals surface area contributed by atoms with Crippen LogP contribution in [0.1, 0.15) is 208 Å². The van der Waals surface area contributed by atoms with Gasteiger partial charge in [-0.15, -0.1) is 0 Å². The van der Waals surface area contributed by atoms with E-state index in [9.17, 15) is 9.53 Å². The molecule has 0 N–H and O–H groups in total. The standard InChI is InChI=1S/2C27H36N2.C9H9.ClH.Pd/c2*1-18(2)22-11-9-12-23(19(3)4)26(22)28-15-16-29(17-28)27-24(20(5)6)13-10-14-25(27)21(7)8;1-2-6-9-7-4-3-5-8-9;;/h2*9-16,18-21H,1-8H3;2-8H,1H2;1H;/q;;;;-3/p-1. The molecule has 374 valence electrons. The summed E-state index contributed by atoms with van der Waals surface area (Å²) in [6, 6.07) is 38.6. The van der Waals surface area contributed by atoms with Crippen molar-refractivity contribution >= 4 is 15.6 Å². The van der Waals surface area contributed by atoms with Crippen LogP contribution in [0.5, 0.6) is 0 Å². The molecule has 2 heterocycles.